The SMILES string of the molecule is CC[C@H](C(=O)NC1CCCC1)N(Cc1ccc(Cl)c(Cl)c1)C(=O)CN(c1cc(Cl)cc(Cl)c1)S(=O)(=O)c1ccccc1. The van der Waals surface area contributed by atoms with Gasteiger partial charge in [-0.05, 0) is 67.3 Å². The third kappa shape index (κ3) is 7.91. The van der Waals surface area contributed by atoms with Crippen molar-refractivity contribution in [3.8, 4) is 0 Å². The first-order valence-corrected chi connectivity index (χ1v) is 16.5. The van der Waals surface area contributed by atoms with Crippen LogP contribution in [0.1, 0.15) is 44.6 Å². The lowest BCUT2D eigenvalue weighted by Crippen LogP contribution is -2.53. The molecule has 7 nitrogen and oxygen atoms in total. The minimum absolute atomic E-state index is 0.00183. The van der Waals surface area contributed by atoms with Gasteiger partial charge in [0.25, 0.3) is 10.0 Å². The van der Waals surface area contributed by atoms with E-state index in [0.717, 1.165) is 30.0 Å². The summed E-state index contributed by atoms with van der Waals surface area (Å²) in [7, 11) is -4.24. The van der Waals surface area contributed by atoms with Crippen molar-refractivity contribution in [1.29, 1.82) is 0 Å². The number of carbonyl (C=O) groups excluding carboxylic acids is 2. The molecule has 0 heterocycles. The Morgan fingerprint density at radius 3 is 2.14 bits per heavy atom. The van der Waals surface area contributed by atoms with E-state index in [0.29, 0.717) is 22.0 Å². The molecule has 1 N–H and O–H groups in total. The van der Waals surface area contributed by atoms with Crippen LogP contribution in [0.2, 0.25) is 20.1 Å². The Bertz CT molecular complexity index is 1510. The Hall–Kier alpha value is -2.49. The second-order valence-electron chi connectivity index (χ2n) is 10.1. The molecule has 0 aromatic heterocycles. The number of hydrogen-bond donors (Lipinski definition) is 1. The van der Waals surface area contributed by atoms with Crippen LogP contribution in [-0.4, -0.2) is 43.8 Å². The van der Waals surface area contributed by atoms with E-state index >= 15 is 0 Å². The zero-order chi connectivity index (χ0) is 30.4. The Labute approximate surface area is 266 Å². The first-order valence-electron chi connectivity index (χ1n) is 13.6. The van der Waals surface area contributed by atoms with E-state index in [-0.39, 0.29) is 39.1 Å². The van der Waals surface area contributed by atoms with Gasteiger partial charge >= 0.3 is 0 Å². The molecule has 3 aromatic rings. The summed E-state index contributed by atoms with van der Waals surface area (Å²) in [5.41, 5.74) is 0.746. The highest BCUT2D eigenvalue weighted by Crippen LogP contribution is 2.31. The van der Waals surface area contributed by atoms with Gasteiger partial charge in [0.2, 0.25) is 11.8 Å². The number of rotatable bonds is 11. The molecule has 12 heteroatoms. The zero-order valence-corrected chi connectivity index (χ0v) is 26.7. The first kappa shape index (κ1) is 32.4. The van der Waals surface area contributed by atoms with Crippen LogP contribution in [0.25, 0.3) is 0 Å². The molecule has 1 saturated carbocycles. The van der Waals surface area contributed by atoms with E-state index < -0.39 is 28.5 Å². The average Bonchev–Trinajstić information content (AvgIpc) is 3.46. The highest BCUT2D eigenvalue weighted by atomic mass is 35.5. The topological polar surface area (TPSA) is 86.8 Å². The van der Waals surface area contributed by atoms with Crippen LogP contribution in [0.4, 0.5) is 5.69 Å². The fraction of sp³-hybridized carbons (Fsp3) is 0.333. The third-order valence-electron chi connectivity index (χ3n) is 7.17. The van der Waals surface area contributed by atoms with Gasteiger partial charge in [-0.25, -0.2) is 8.42 Å². The quantitative estimate of drug-likeness (QED) is 0.231. The number of nitrogens with one attached hydrogen (secondary N) is 1. The lowest BCUT2D eigenvalue weighted by atomic mass is 10.1. The normalized spacial score (nSPS) is 14.4. The van der Waals surface area contributed by atoms with Crippen LogP contribution in [0.15, 0.2) is 71.6 Å². The standard InChI is InChI=1S/C30H31Cl4N3O4S/c1-2-28(30(39)35-23-8-6-7-9-23)36(18-20-12-13-26(33)27(34)14-20)29(38)19-37(24-16-21(31)15-22(32)17-24)42(40,41)25-10-4-3-5-11-25/h3-5,10-17,23,28H,2,6-9,18-19H2,1H3,(H,35,39)/t28-/m1/s1. The van der Waals surface area contributed by atoms with E-state index in [4.69, 9.17) is 46.4 Å². The molecular weight excluding hydrogens is 640 g/mol. The molecule has 3 aromatic carbocycles. The van der Waals surface area contributed by atoms with Gasteiger partial charge < -0.3 is 10.2 Å². The lowest BCUT2D eigenvalue weighted by molar-refractivity contribution is -0.140. The molecule has 0 bridgehead atoms. The summed E-state index contributed by atoms with van der Waals surface area (Å²) in [5, 5.41) is 4.13. The molecule has 4 rings (SSSR count). The van der Waals surface area contributed by atoms with Crippen molar-refractivity contribution < 1.29 is 18.0 Å². The minimum Gasteiger partial charge on any atom is -0.352 e. The Balaban J connectivity index is 1.74. The second-order valence-corrected chi connectivity index (χ2v) is 13.7. The summed E-state index contributed by atoms with van der Waals surface area (Å²) in [6.45, 7) is 1.20. The molecule has 1 atom stereocenters. The smallest absolute Gasteiger partial charge is 0.264 e. The van der Waals surface area contributed by atoms with Crippen LogP contribution < -0.4 is 9.62 Å². The van der Waals surface area contributed by atoms with E-state index in [1.807, 2.05) is 6.92 Å². The molecule has 42 heavy (non-hydrogen) atoms. The summed E-state index contributed by atoms with van der Waals surface area (Å²) in [4.78, 5) is 29.1. The van der Waals surface area contributed by atoms with Crippen molar-refractivity contribution in [3.05, 3.63) is 92.4 Å². The maximum Gasteiger partial charge on any atom is 0.264 e. The minimum atomic E-state index is -4.24. The molecule has 0 saturated heterocycles. The van der Waals surface area contributed by atoms with E-state index in [9.17, 15) is 18.0 Å². The van der Waals surface area contributed by atoms with Gasteiger partial charge in [-0.3, -0.25) is 13.9 Å². The molecule has 1 aliphatic rings. The van der Waals surface area contributed by atoms with Crippen LogP contribution in [0.5, 0.6) is 0 Å². The van der Waals surface area contributed by atoms with E-state index in [1.165, 1.54) is 35.2 Å². The van der Waals surface area contributed by atoms with Gasteiger partial charge in [0, 0.05) is 22.6 Å². The number of amides is 2. The van der Waals surface area contributed by atoms with Crippen LogP contribution in [0.3, 0.4) is 0 Å². The van der Waals surface area contributed by atoms with Gasteiger partial charge in [0.05, 0.1) is 20.6 Å². The number of sulfonamides is 1. The molecule has 0 radical (unpaired) electrons. The number of anilines is 1. The number of nitrogens with zero attached hydrogens (tertiary/aromatic N) is 2. The highest BCUT2D eigenvalue weighted by molar-refractivity contribution is 7.92. The predicted octanol–water partition coefficient (Wildman–Crippen LogP) is 7.36. The third-order valence-corrected chi connectivity index (χ3v) is 10.1. The molecule has 1 aliphatic carbocycles. The summed E-state index contributed by atoms with van der Waals surface area (Å²) in [6, 6.07) is 16.2. The van der Waals surface area contributed by atoms with Gasteiger partial charge in [-0.1, -0.05) is 90.4 Å². The van der Waals surface area contributed by atoms with Crippen molar-refractivity contribution >= 4 is 73.9 Å². The Kier molecular flexibility index (Phi) is 11.1. The first-order chi connectivity index (χ1) is 20.0. The monoisotopic (exact) mass is 669 g/mol. The van der Waals surface area contributed by atoms with Gasteiger partial charge in [0.1, 0.15) is 12.6 Å². The van der Waals surface area contributed by atoms with Gasteiger partial charge in [-0.2, -0.15) is 0 Å². The highest BCUT2D eigenvalue weighted by Gasteiger charge is 2.34. The molecule has 224 valence electrons. The van der Waals surface area contributed by atoms with Crippen LogP contribution >= 0.6 is 46.4 Å². The molecule has 1 fully saturated rings. The second kappa shape index (κ2) is 14.3. The number of halogens is 4. The van der Waals surface area contributed by atoms with Crippen molar-refractivity contribution in [3.63, 3.8) is 0 Å². The number of hydrogen-bond acceptors (Lipinski definition) is 4. The van der Waals surface area contributed by atoms with Gasteiger partial charge in [0.15, 0.2) is 0 Å². The maximum absolute atomic E-state index is 14.2. The van der Waals surface area contributed by atoms with Crippen LogP contribution in [0, 0.1) is 0 Å². The van der Waals surface area contributed by atoms with Crippen molar-refractivity contribution in [1.82, 2.24) is 10.2 Å². The molecule has 0 spiro atoms. The molecule has 0 aliphatic heterocycles. The molecule has 0 unspecified atom stereocenters. The van der Waals surface area contributed by atoms with E-state index in [2.05, 4.69) is 5.32 Å². The lowest BCUT2D eigenvalue weighted by Gasteiger charge is -2.34. The van der Waals surface area contributed by atoms with Crippen molar-refractivity contribution in [2.75, 3.05) is 10.8 Å². The molecular formula is C30H31Cl4N3O4S. The van der Waals surface area contributed by atoms with Crippen molar-refractivity contribution in [2.24, 2.45) is 0 Å². The predicted molar refractivity (Wildman–Crippen MR) is 169 cm³/mol. The fourth-order valence-electron chi connectivity index (χ4n) is 5.05. The maximum atomic E-state index is 14.2. The number of carbonyl (C=O) groups is 2. The Morgan fingerprint density at radius 1 is 0.905 bits per heavy atom. The van der Waals surface area contributed by atoms with Gasteiger partial charge in [-0.15, -0.1) is 0 Å². The fourth-order valence-corrected chi connectivity index (χ4v) is 7.31. The average molecular weight is 671 g/mol. The summed E-state index contributed by atoms with van der Waals surface area (Å²) in [6.07, 6.45) is 4.12. The van der Waals surface area contributed by atoms with Crippen molar-refractivity contribution in [2.45, 2.75) is 62.6 Å². The summed E-state index contributed by atoms with van der Waals surface area (Å²) >= 11 is 24.9. The summed E-state index contributed by atoms with van der Waals surface area (Å²) < 4.78 is 28.8. The molecule has 2 amide bonds. The van der Waals surface area contributed by atoms with E-state index in [1.54, 1.807) is 36.4 Å². The Morgan fingerprint density at radius 2 is 1.55 bits per heavy atom. The van der Waals surface area contributed by atoms with Crippen LogP contribution in [-0.2, 0) is 26.2 Å². The zero-order valence-electron chi connectivity index (χ0n) is 22.9. The number of benzene rings is 3. The summed E-state index contributed by atoms with van der Waals surface area (Å²) in [5.74, 6) is -0.883. The largest absolute Gasteiger partial charge is 0.352 e.